The van der Waals surface area contributed by atoms with Crippen LogP contribution in [-0.4, -0.2) is 16.9 Å². The van der Waals surface area contributed by atoms with Gasteiger partial charge in [0, 0.05) is 11.5 Å². The first kappa shape index (κ1) is 18.7. The third-order valence-corrected chi connectivity index (χ3v) is 5.23. The molecule has 0 saturated heterocycles. The van der Waals surface area contributed by atoms with Gasteiger partial charge in [-0.3, -0.25) is 9.59 Å². The van der Waals surface area contributed by atoms with Crippen LogP contribution in [0.25, 0.3) is 0 Å². The van der Waals surface area contributed by atoms with Gasteiger partial charge in [0.2, 0.25) is 0 Å². The molecule has 3 heteroatoms. The second-order valence-electron chi connectivity index (χ2n) is 7.06. The minimum atomic E-state index is -0.822. The van der Waals surface area contributed by atoms with Crippen molar-refractivity contribution in [2.24, 2.45) is 11.8 Å². The lowest BCUT2D eigenvalue weighted by Gasteiger charge is -2.27. The predicted octanol–water partition coefficient (Wildman–Crippen LogP) is 5.27. The van der Waals surface area contributed by atoms with E-state index in [4.69, 9.17) is 0 Å². The van der Waals surface area contributed by atoms with Crippen LogP contribution in [0.5, 0.6) is 0 Å². The molecule has 0 heterocycles. The van der Waals surface area contributed by atoms with Gasteiger partial charge in [-0.1, -0.05) is 69.7 Å². The molecule has 1 aromatic carbocycles. The number of rotatable bonds is 9. The Hall–Kier alpha value is -1.64. The molecule has 0 radical (unpaired) electrons. The number of hydrogen-bond donors (Lipinski definition) is 1. The summed E-state index contributed by atoms with van der Waals surface area (Å²) in [4.78, 5) is 24.1. The summed E-state index contributed by atoms with van der Waals surface area (Å²) in [5.41, 5.74) is 1.93. The van der Waals surface area contributed by atoms with Crippen LogP contribution in [0.1, 0.15) is 80.6 Å². The highest BCUT2D eigenvalue weighted by Crippen LogP contribution is 2.32. The maximum Gasteiger partial charge on any atom is 0.307 e. The standard InChI is InChI=1S/C21H30O3/c1-2-3-4-5-6-9-16-12-14-17(15-13-16)20(22)18-10-7-8-11-19(18)21(23)24/h12-15,18-19H,2-11H2,1H3,(H,23,24)/t18-,19-/m1/s1. The van der Waals surface area contributed by atoms with Crippen LogP contribution < -0.4 is 0 Å². The topological polar surface area (TPSA) is 54.4 Å². The van der Waals surface area contributed by atoms with E-state index in [1.165, 1.54) is 37.7 Å². The smallest absolute Gasteiger partial charge is 0.307 e. The summed E-state index contributed by atoms with van der Waals surface area (Å²) >= 11 is 0. The van der Waals surface area contributed by atoms with Crippen molar-refractivity contribution in [3.05, 3.63) is 35.4 Å². The molecule has 1 fully saturated rings. The van der Waals surface area contributed by atoms with Crippen molar-refractivity contribution in [2.75, 3.05) is 0 Å². The minimum absolute atomic E-state index is 0.0107. The van der Waals surface area contributed by atoms with Gasteiger partial charge in [0.15, 0.2) is 5.78 Å². The first-order valence-electron chi connectivity index (χ1n) is 9.49. The highest BCUT2D eigenvalue weighted by atomic mass is 16.4. The number of aliphatic carboxylic acids is 1. The quantitative estimate of drug-likeness (QED) is 0.495. The number of carboxylic acids is 1. The Morgan fingerprint density at radius 2 is 1.58 bits per heavy atom. The molecule has 3 nitrogen and oxygen atoms in total. The molecule has 0 aromatic heterocycles. The van der Waals surface area contributed by atoms with E-state index in [-0.39, 0.29) is 11.7 Å². The van der Waals surface area contributed by atoms with E-state index in [0.29, 0.717) is 18.4 Å². The van der Waals surface area contributed by atoms with E-state index >= 15 is 0 Å². The van der Waals surface area contributed by atoms with E-state index < -0.39 is 11.9 Å². The van der Waals surface area contributed by atoms with Crippen molar-refractivity contribution >= 4 is 11.8 Å². The van der Waals surface area contributed by atoms with Gasteiger partial charge in [-0.25, -0.2) is 0 Å². The first-order valence-corrected chi connectivity index (χ1v) is 9.49. The molecule has 0 aliphatic heterocycles. The monoisotopic (exact) mass is 330 g/mol. The predicted molar refractivity (Wildman–Crippen MR) is 96.3 cm³/mol. The molecule has 1 aliphatic rings. The molecule has 0 amide bonds. The highest BCUT2D eigenvalue weighted by molar-refractivity contribution is 6.00. The van der Waals surface area contributed by atoms with E-state index in [1.54, 1.807) is 0 Å². The van der Waals surface area contributed by atoms with Crippen LogP contribution in [0.2, 0.25) is 0 Å². The number of carbonyl (C=O) groups excluding carboxylic acids is 1. The van der Waals surface area contributed by atoms with Gasteiger partial charge < -0.3 is 5.11 Å². The van der Waals surface area contributed by atoms with Crippen LogP contribution >= 0.6 is 0 Å². The minimum Gasteiger partial charge on any atom is -0.481 e. The molecule has 2 rings (SSSR count). The summed E-state index contributed by atoms with van der Waals surface area (Å²) in [7, 11) is 0. The molecule has 132 valence electrons. The molecule has 1 saturated carbocycles. The van der Waals surface area contributed by atoms with Gasteiger partial charge >= 0.3 is 5.97 Å². The van der Waals surface area contributed by atoms with Gasteiger partial charge in [-0.05, 0) is 31.2 Å². The SMILES string of the molecule is CCCCCCCc1ccc(C(=O)[C@@H]2CCCC[C@H]2C(=O)O)cc1. The molecule has 0 unspecified atom stereocenters. The fourth-order valence-electron chi connectivity index (χ4n) is 3.72. The zero-order valence-electron chi connectivity index (χ0n) is 14.8. The van der Waals surface area contributed by atoms with Crippen molar-refractivity contribution in [1.29, 1.82) is 0 Å². The number of Topliss-reactive ketones (excluding diaryl/α,β-unsaturated/α-hetero) is 1. The average molecular weight is 330 g/mol. The average Bonchev–Trinajstić information content (AvgIpc) is 2.61. The Kier molecular flexibility index (Phi) is 7.48. The Morgan fingerprint density at radius 3 is 2.21 bits per heavy atom. The highest BCUT2D eigenvalue weighted by Gasteiger charge is 2.35. The van der Waals surface area contributed by atoms with E-state index in [0.717, 1.165) is 19.3 Å². The molecular weight excluding hydrogens is 300 g/mol. The lowest BCUT2D eigenvalue weighted by Crippen LogP contribution is -2.32. The Morgan fingerprint density at radius 1 is 0.958 bits per heavy atom. The number of ketones is 1. The van der Waals surface area contributed by atoms with Crippen LogP contribution in [0.4, 0.5) is 0 Å². The second-order valence-corrected chi connectivity index (χ2v) is 7.06. The van der Waals surface area contributed by atoms with Gasteiger partial charge in [0.25, 0.3) is 0 Å². The first-order chi connectivity index (χ1) is 11.6. The summed E-state index contributed by atoms with van der Waals surface area (Å²) in [6, 6.07) is 7.84. The lowest BCUT2D eigenvalue weighted by molar-refractivity contribution is -0.144. The van der Waals surface area contributed by atoms with Crippen molar-refractivity contribution in [1.82, 2.24) is 0 Å². The molecule has 24 heavy (non-hydrogen) atoms. The summed E-state index contributed by atoms with van der Waals surface area (Å²) in [5.74, 6) is -1.67. The van der Waals surface area contributed by atoms with Gasteiger partial charge in [-0.2, -0.15) is 0 Å². The molecule has 1 N–H and O–H groups in total. The summed E-state index contributed by atoms with van der Waals surface area (Å²) < 4.78 is 0. The van der Waals surface area contributed by atoms with Crippen LogP contribution in [0.15, 0.2) is 24.3 Å². The van der Waals surface area contributed by atoms with Crippen LogP contribution in [0, 0.1) is 11.8 Å². The summed E-state index contributed by atoms with van der Waals surface area (Å²) in [5, 5.41) is 9.35. The number of unbranched alkanes of at least 4 members (excludes halogenated alkanes) is 4. The zero-order chi connectivity index (χ0) is 17.4. The number of aryl methyl sites for hydroxylation is 1. The Balaban J connectivity index is 1.91. The second kappa shape index (κ2) is 9.61. The van der Waals surface area contributed by atoms with Crippen LogP contribution in [0.3, 0.4) is 0 Å². The van der Waals surface area contributed by atoms with Crippen molar-refractivity contribution in [2.45, 2.75) is 71.1 Å². The molecule has 1 aromatic rings. The zero-order valence-corrected chi connectivity index (χ0v) is 14.8. The summed E-state index contributed by atoms with van der Waals surface area (Å²) in [6.07, 6.45) is 10.6. The van der Waals surface area contributed by atoms with E-state index in [1.807, 2.05) is 24.3 Å². The molecule has 1 aliphatic carbocycles. The van der Waals surface area contributed by atoms with E-state index in [2.05, 4.69) is 6.92 Å². The normalized spacial score (nSPS) is 20.7. The number of benzene rings is 1. The van der Waals surface area contributed by atoms with Crippen molar-refractivity contribution in [3.63, 3.8) is 0 Å². The largest absolute Gasteiger partial charge is 0.481 e. The third-order valence-electron chi connectivity index (χ3n) is 5.23. The summed E-state index contributed by atoms with van der Waals surface area (Å²) in [6.45, 7) is 2.22. The third kappa shape index (κ3) is 5.19. The van der Waals surface area contributed by atoms with Gasteiger partial charge in [-0.15, -0.1) is 0 Å². The van der Waals surface area contributed by atoms with Gasteiger partial charge in [0.05, 0.1) is 5.92 Å². The molecule has 0 spiro atoms. The maximum atomic E-state index is 12.7. The number of hydrogen-bond acceptors (Lipinski definition) is 2. The fraction of sp³-hybridized carbons (Fsp3) is 0.619. The maximum absolute atomic E-state index is 12.7. The lowest BCUT2D eigenvalue weighted by atomic mass is 9.75. The molecule has 2 atom stereocenters. The van der Waals surface area contributed by atoms with Crippen molar-refractivity contribution in [3.8, 4) is 0 Å². The van der Waals surface area contributed by atoms with Crippen LogP contribution in [-0.2, 0) is 11.2 Å². The number of carboxylic acid groups (broad SMARTS) is 1. The number of carbonyl (C=O) groups is 2. The molecule has 0 bridgehead atoms. The fourth-order valence-corrected chi connectivity index (χ4v) is 3.72. The van der Waals surface area contributed by atoms with E-state index in [9.17, 15) is 14.7 Å². The Labute approximate surface area is 145 Å². The van der Waals surface area contributed by atoms with Crippen molar-refractivity contribution < 1.29 is 14.7 Å². The Bertz CT molecular complexity index is 533. The van der Waals surface area contributed by atoms with Gasteiger partial charge in [0.1, 0.15) is 0 Å². The molecular formula is C21H30O3.